The van der Waals surface area contributed by atoms with Crippen molar-refractivity contribution in [2.45, 2.75) is 25.3 Å². The first kappa shape index (κ1) is 24.7. The number of benzene rings is 3. The monoisotopic (exact) mass is 502 g/mol. The number of nitro benzene ring substituents is 1. The third kappa shape index (κ3) is 5.64. The summed E-state index contributed by atoms with van der Waals surface area (Å²) in [6.07, 6.45) is 5.08. The number of amides is 1. The van der Waals surface area contributed by atoms with Crippen molar-refractivity contribution in [3.05, 3.63) is 112 Å². The highest BCUT2D eigenvalue weighted by molar-refractivity contribution is 7.73. The van der Waals surface area contributed by atoms with Crippen molar-refractivity contribution >= 4 is 43.3 Å². The average Bonchev–Trinajstić information content (AvgIpc) is 2.88. The Kier molecular flexibility index (Phi) is 7.50. The Hall–Kier alpha value is -4.37. The highest BCUT2D eigenvalue weighted by Gasteiger charge is 2.25. The fraction of sp³-hybridized carbons (Fsp3) is 0.148. The van der Waals surface area contributed by atoms with Crippen molar-refractivity contribution in [1.29, 1.82) is 0 Å². The van der Waals surface area contributed by atoms with Crippen LogP contribution >= 0.6 is 0 Å². The minimum atomic E-state index is -2.47. The molecular formula is C27H22N2O6S. The molecule has 0 bridgehead atoms. The Morgan fingerprint density at radius 3 is 2.44 bits per heavy atom. The Balaban J connectivity index is 1.64. The molecule has 0 saturated heterocycles. The van der Waals surface area contributed by atoms with Crippen LogP contribution in [0, 0.1) is 10.1 Å². The number of hydrogen-bond donors (Lipinski definition) is 1. The summed E-state index contributed by atoms with van der Waals surface area (Å²) >= 11 is 0. The van der Waals surface area contributed by atoms with Crippen LogP contribution in [0.3, 0.4) is 0 Å². The minimum absolute atomic E-state index is 0.0854. The molecule has 9 heteroatoms. The molecule has 0 radical (unpaired) electrons. The third-order valence-electron chi connectivity index (χ3n) is 5.98. The maximum absolute atomic E-state index is 13.4. The van der Waals surface area contributed by atoms with Crippen LogP contribution in [0.1, 0.15) is 28.8 Å². The van der Waals surface area contributed by atoms with Crippen LogP contribution < -0.4 is 5.32 Å². The SMILES string of the molecule is O=C(NC(Cc1ccc([N+](=O)[O-])cc1)C(=O)CC1=CC=CCC1=S(=O)=O)c1cccc2ccccc12. The zero-order valence-corrected chi connectivity index (χ0v) is 19.9. The van der Waals surface area contributed by atoms with Crippen LogP contribution in [0.4, 0.5) is 5.69 Å². The minimum Gasteiger partial charge on any atom is -0.342 e. The summed E-state index contributed by atoms with van der Waals surface area (Å²) in [4.78, 5) is 37.3. The number of nitro groups is 1. The maximum atomic E-state index is 13.4. The van der Waals surface area contributed by atoms with E-state index in [2.05, 4.69) is 5.32 Å². The van der Waals surface area contributed by atoms with E-state index in [1.807, 2.05) is 30.3 Å². The molecule has 1 unspecified atom stereocenters. The number of fused-ring (bicyclic) bond motifs is 1. The molecule has 36 heavy (non-hydrogen) atoms. The van der Waals surface area contributed by atoms with E-state index in [0.717, 1.165) is 10.8 Å². The lowest BCUT2D eigenvalue weighted by Gasteiger charge is -2.20. The van der Waals surface area contributed by atoms with Gasteiger partial charge < -0.3 is 5.32 Å². The first-order valence-corrected chi connectivity index (χ1v) is 12.3. The summed E-state index contributed by atoms with van der Waals surface area (Å²) in [5.74, 6) is -0.812. The number of nitrogens with zero attached hydrogens (tertiary/aromatic N) is 1. The molecule has 8 nitrogen and oxygen atoms in total. The Morgan fingerprint density at radius 1 is 1.00 bits per heavy atom. The van der Waals surface area contributed by atoms with E-state index in [-0.39, 0.29) is 35.6 Å². The highest BCUT2D eigenvalue weighted by atomic mass is 32.2. The molecule has 4 rings (SSSR count). The van der Waals surface area contributed by atoms with Crippen LogP contribution in [-0.4, -0.2) is 35.9 Å². The van der Waals surface area contributed by atoms with Crippen molar-refractivity contribution in [3.8, 4) is 0 Å². The van der Waals surface area contributed by atoms with Gasteiger partial charge in [0.25, 0.3) is 11.6 Å². The second-order valence-electron chi connectivity index (χ2n) is 8.31. The molecule has 3 aromatic rings. The van der Waals surface area contributed by atoms with Gasteiger partial charge in [0.05, 0.1) is 15.8 Å². The largest absolute Gasteiger partial charge is 0.342 e. The summed E-state index contributed by atoms with van der Waals surface area (Å²) in [6.45, 7) is 0. The molecule has 1 aliphatic rings. The molecule has 3 aromatic carbocycles. The van der Waals surface area contributed by atoms with Crippen molar-refractivity contribution in [2.24, 2.45) is 0 Å². The predicted molar refractivity (Wildman–Crippen MR) is 137 cm³/mol. The molecule has 182 valence electrons. The van der Waals surface area contributed by atoms with Crippen LogP contribution in [0.25, 0.3) is 10.8 Å². The lowest BCUT2D eigenvalue weighted by molar-refractivity contribution is -0.384. The number of carbonyl (C=O) groups excluding carboxylic acids is 2. The maximum Gasteiger partial charge on any atom is 0.269 e. The second-order valence-corrected chi connectivity index (χ2v) is 9.27. The van der Waals surface area contributed by atoms with Crippen molar-refractivity contribution in [2.75, 3.05) is 0 Å². The second kappa shape index (κ2) is 10.9. The lowest BCUT2D eigenvalue weighted by Crippen LogP contribution is -2.43. The molecule has 0 heterocycles. The fourth-order valence-electron chi connectivity index (χ4n) is 4.12. The highest BCUT2D eigenvalue weighted by Crippen LogP contribution is 2.21. The van der Waals surface area contributed by atoms with Crippen molar-refractivity contribution < 1.29 is 22.9 Å². The molecule has 1 amide bonds. The van der Waals surface area contributed by atoms with E-state index < -0.39 is 27.2 Å². The van der Waals surface area contributed by atoms with Crippen LogP contribution in [0.2, 0.25) is 0 Å². The van der Waals surface area contributed by atoms with Crippen LogP contribution in [0.5, 0.6) is 0 Å². The van der Waals surface area contributed by atoms with E-state index in [4.69, 9.17) is 0 Å². The van der Waals surface area contributed by atoms with Gasteiger partial charge in [0, 0.05) is 30.5 Å². The number of Topliss-reactive ketones (excluding diaryl/α,β-unsaturated/α-hetero) is 1. The topological polar surface area (TPSA) is 123 Å². The summed E-state index contributed by atoms with van der Waals surface area (Å²) in [7, 11) is -2.47. The third-order valence-corrected chi connectivity index (χ3v) is 6.81. The van der Waals surface area contributed by atoms with Gasteiger partial charge in [0.2, 0.25) is 10.3 Å². The Labute approximate surface area is 208 Å². The van der Waals surface area contributed by atoms with Gasteiger partial charge >= 0.3 is 0 Å². The predicted octanol–water partition coefficient (Wildman–Crippen LogP) is 3.99. The van der Waals surface area contributed by atoms with E-state index in [9.17, 15) is 28.1 Å². The Bertz CT molecular complexity index is 1540. The van der Waals surface area contributed by atoms with Crippen LogP contribution in [0.15, 0.2) is 90.5 Å². The first-order valence-electron chi connectivity index (χ1n) is 11.2. The average molecular weight is 503 g/mol. The molecule has 1 N–H and O–H groups in total. The van der Waals surface area contributed by atoms with E-state index in [1.54, 1.807) is 30.4 Å². The van der Waals surface area contributed by atoms with E-state index in [1.165, 1.54) is 24.3 Å². The lowest BCUT2D eigenvalue weighted by atomic mass is 9.93. The van der Waals surface area contributed by atoms with Crippen molar-refractivity contribution in [3.63, 3.8) is 0 Å². The molecule has 0 aromatic heterocycles. The van der Waals surface area contributed by atoms with E-state index in [0.29, 0.717) is 16.7 Å². The molecule has 0 saturated carbocycles. The van der Waals surface area contributed by atoms with Gasteiger partial charge in [-0.05, 0) is 34.4 Å². The van der Waals surface area contributed by atoms with Crippen LogP contribution in [-0.2, 0) is 21.5 Å². The number of nitrogens with one attached hydrogen (secondary N) is 1. The summed E-state index contributed by atoms with van der Waals surface area (Å²) in [5, 5.41) is 15.4. The quantitative estimate of drug-likeness (QED) is 0.282. The number of carbonyl (C=O) groups is 2. The van der Waals surface area contributed by atoms with Gasteiger partial charge in [-0.2, -0.15) is 8.42 Å². The summed E-state index contributed by atoms with van der Waals surface area (Å²) in [5.41, 5.74) is 1.32. The van der Waals surface area contributed by atoms with Crippen molar-refractivity contribution in [1.82, 2.24) is 5.32 Å². The van der Waals surface area contributed by atoms with Gasteiger partial charge in [0.15, 0.2) is 5.78 Å². The van der Waals surface area contributed by atoms with Gasteiger partial charge in [-0.3, -0.25) is 19.7 Å². The number of non-ortho nitro benzene ring substituents is 1. The van der Waals surface area contributed by atoms with E-state index >= 15 is 0 Å². The smallest absolute Gasteiger partial charge is 0.269 e. The summed E-state index contributed by atoms with van der Waals surface area (Å²) in [6, 6.07) is 17.5. The summed E-state index contributed by atoms with van der Waals surface area (Å²) < 4.78 is 23.3. The van der Waals surface area contributed by atoms with Gasteiger partial charge in [-0.25, -0.2) is 0 Å². The molecule has 0 fully saturated rings. The number of rotatable bonds is 8. The normalized spacial score (nSPS) is 13.7. The molecule has 1 atom stereocenters. The van der Waals surface area contributed by atoms with Gasteiger partial charge in [-0.15, -0.1) is 0 Å². The molecular weight excluding hydrogens is 480 g/mol. The zero-order chi connectivity index (χ0) is 25.7. The standard InChI is InChI=1S/C27H22N2O6S/c30-25(17-20-7-2-4-11-26(20)36(34)35)24(16-18-12-14-21(15-13-18)29(32)33)28-27(31)23-10-5-8-19-6-1-3-9-22(19)23/h1-10,12-15,24H,11,16-17H2,(H,28,31). The molecule has 0 aliphatic heterocycles. The first-order chi connectivity index (χ1) is 17.3. The Morgan fingerprint density at radius 2 is 1.72 bits per heavy atom. The van der Waals surface area contributed by atoms with Gasteiger partial charge in [0.1, 0.15) is 0 Å². The van der Waals surface area contributed by atoms with Gasteiger partial charge in [-0.1, -0.05) is 66.8 Å². The zero-order valence-electron chi connectivity index (χ0n) is 19.1. The number of ketones is 1. The number of hydrogen-bond acceptors (Lipinski definition) is 6. The molecule has 1 aliphatic carbocycles. The number of allylic oxidation sites excluding steroid dienone is 4. The molecule has 0 spiro atoms. The fourth-order valence-corrected chi connectivity index (χ4v) is 4.71.